The summed E-state index contributed by atoms with van der Waals surface area (Å²) >= 11 is 0. The molecule has 29 heavy (non-hydrogen) atoms. The van der Waals surface area contributed by atoms with E-state index in [9.17, 15) is 27.6 Å². The second kappa shape index (κ2) is 7.66. The minimum atomic E-state index is -4.81. The topological polar surface area (TPSA) is 96.0 Å². The second-order valence-corrected chi connectivity index (χ2v) is 6.12. The van der Waals surface area contributed by atoms with Crippen LogP contribution in [0.4, 0.5) is 29.3 Å². The van der Waals surface area contributed by atoms with Crippen molar-refractivity contribution in [3.63, 3.8) is 0 Å². The molecule has 2 amide bonds. The van der Waals surface area contributed by atoms with Crippen LogP contribution in [0.3, 0.4) is 0 Å². The highest BCUT2D eigenvalue weighted by molar-refractivity contribution is 5.99. The van der Waals surface area contributed by atoms with E-state index in [1.807, 2.05) is 4.98 Å². The molecule has 0 aliphatic rings. The number of aromatic nitrogens is 2. The number of amides is 2. The number of H-pyrrole nitrogens is 1. The number of benzene rings is 2. The van der Waals surface area contributed by atoms with Crippen molar-refractivity contribution >= 4 is 17.4 Å². The standard InChI is InChI=1S/C19H15F3N4O3/c1-11-10-26(18(29)25-16(11)27)15-8-7-13(9-14(15)19(20,21)22)24-17(28)23-12-5-3-2-4-6-12/h2-10H,1H3,(H2,23,24,28)(H,25,27,29). The molecule has 0 aliphatic heterocycles. The molecular weight excluding hydrogens is 389 g/mol. The van der Waals surface area contributed by atoms with Gasteiger partial charge in [-0.1, -0.05) is 18.2 Å². The summed E-state index contributed by atoms with van der Waals surface area (Å²) in [5.41, 5.74) is -2.90. The van der Waals surface area contributed by atoms with Gasteiger partial charge in [0, 0.05) is 23.1 Å². The van der Waals surface area contributed by atoms with Crippen molar-refractivity contribution in [1.82, 2.24) is 9.55 Å². The molecule has 3 aromatic rings. The van der Waals surface area contributed by atoms with Gasteiger partial charge in [-0.05, 0) is 37.3 Å². The van der Waals surface area contributed by atoms with Gasteiger partial charge in [0.15, 0.2) is 0 Å². The van der Waals surface area contributed by atoms with Crippen molar-refractivity contribution in [1.29, 1.82) is 0 Å². The number of rotatable bonds is 3. The molecule has 3 N–H and O–H groups in total. The number of aryl methyl sites for hydroxylation is 1. The van der Waals surface area contributed by atoms with Crippen LogP contribution >= 0.6 is 0 Å². The van der Waals surface area contributed by atoms with Crippen molar-refractivity contribution in [2.24, 2.45) is 0 Å². The van der Waals surface area contributed by atoms with Crippen molar-refractivity contribution in [2.75, 3.05) is 10.6 Å². The maximum Gasteiger partial charge on any atom is 0.418 e. The van der Waals surface area contributed by atoms with Gasteiger partial charge in [0.05, 0.1) is 11.3 Å². The lowest BCUT2D eigenvalue weighted by Gasteiger charge is -2.16. The van der Waals surface area contributed by atoms with E-state index in [-0.39, 0.29) is 11.3 Å². The first-order chi connectivity index (χ1) is 13.6. The Morgan fingerprint density at radius 1 is 1.00 bits per heavy atom. The van der Waals surface area contributed by atoms with Crippen molar-refractivity contribution in [3.05, 3.63) is 86.7 Å². The molecular formula is C19H15F3N4O3. The number of para-hydroxylation sites is 1. The van der Waals surface area contributed by atoms with Crippen molar-refractivity contribution < 1.29 is 18.0 Å². The average molecular weight is 404 g/mol. The average Bonchev–Trinajstić information content (AvgIpc) is 2.65. The molecule has 0 saturated heterocycles. The highest BCUT2D eigenvalue weighted by Gasteiger charge is 2.35. The normalized spacial score (nSPS) is 11.2. The van der Waals surface area contributed by atoms with Gasteiger partial charge in [0.25, 0.3) is 5.56 Å². The van der Waals surface area contributed by atoms with Crippen LogP contribution in [-0.4, -0.2) is 15.6 Å². The van der Waals surface area contributed by atoms with Gasteiger partial charge >= 0.3 is 17.9 Å². The zero-order valence-electron chi connectivity index (χ0n) is 15.0. The van der Waals surface area contributed by atoms with E-state index in [1.54, 1.807) is 30.3 Å². The predicted octanol–water partition coefficient (Wildman–Crippen LogP) is 3.50. The van der Waals surface area contributed by atoms with Crippen LogP contribution in [0.15, 0.2) is 64.3 Å². The van der Waals surface area contributed by atoms with E-state index in [4.69, 9.17) is 0 Å². The summed E-state index contributed by atoms with van der Waals surface area (Å²) in [5, 5.41) is 4.81. The van der Waals surface area contributed by atoms with E-state index in [2.05, 4.69) is 10.6 Å². The van der Waals surface area contributed by atoms with E-state index < -0.39 is 34.7 Å². The van der Waals surface area contributed by atoms with Crippen LogP contribution in [0, 0.1) is 6.92 Å². The molecule has 1 heterocycles. The molecule has 10 heteroatoms. The molecule has 3 rings (SSSR count). The van der Waals surface area contributed by atoms with Gasteiger partial charge in [-0.2, -0.15) is 13.2 Å². The Bertz CT molecular complexity index is 1170. The molecule has 0 atom stereocenters. The van der Waals surface area contributed by atoms with E-state index in [0.29, 0.717) is 16.3 Å². The molecule has 2 aromatic carbocycles. The summed E-state index contributed by atoms with van der Waals surface area (Å²) in [7, 11) is 0. The van der Waals surface area contributed by atoms with Crippen molar-refractivity contribution in [3.8, 4) is 5.69 Å². The molecule has 0 unspecified atom stereocenters. The Balaban J connectivity index is 1.97. The Morgan fingerprint density at radius 2 is 1.66 bits per heavy atom. The lowest BCUT2D eigenvalue weighted by Crippen LogP contribution is -2.31. The number of nitrogens with one attached hydrogen (secondary N) is 3. The summed E-state index contributed by atoms with van der Waals surface area (Å²) in [6, 6.07) is 10.6. The summed E-state index contributed by atoms with van der Waals surface area (Å²) < 4.78 is 41.5. The third kappa shape index (κ3) is 4.54. The van der Waals surface area contributed by atoms with Gasteiger partial charge in [-0.3, -0.25) is 14.3 Å². The fourth-order valence-corrected chi connectivity index (χ4v) is 2.61. The van der Waals surface area contributed by atoms with Crippen LogP contribution in [0.2, 0.25) is 0 Å². The molecule has 0 bridgehead atoms. The number of nitrogens with zero attached hydrogens (tertiary/aromatic N) is 1. The molecule has 150 valence electrons. The first kappa shape index (κ1) is 19.9. The number of anilines is 2. The quantitative estimate of drug-likeness (QED) is 0.624. The number of urea groups is 1. The maximum absolute atomic E-state index is 13.6. The zero-order chi connectivity index (χ0) is 21.2. The summed E-state index contributed by atoms with van der Waals surface area (Å²) in [4.78, 5) is 37.5. The number of hydrogen-bond acceptors (Lipinski definition) is 3. The molecule has 7 nitrogen and oxygen atoms in total. The summed E-state index contributed by atoms with van der Waals surface area (Å²) in [5.74, 6) is 0. The largest absolute Gasteiger partial charge is 0.418 e. The minimum Gasteiger partial charge on any atom is -0.308 e. The fourth-order valence-electron chi connectivity index (χ4n) is 2.61. The Labute approximate surface area is 161 Å². The van der Waals surface area contributed by atoms with E-state index in [0.717, 1.165) is 12.3 Å². The van der Waals surface area contributed by atoms with Gasteiger partial charge in [0.2, 0.25) is 0 Å². The van der Waals surface area contributed by atoms with Gasteiger partial charge < -0.3 is 10.6 Å². The first-order valence-corrected chi connectivity index (χ1v) is 8.32. The molecule has 1 aromatic heterocycles. The van der Waals surface area contributed by atoms with Gasteiger partial charge in [0.1, 0.15) is 0 Å². The Kier molecular flexibility index (Phi) is 5.26. The maximum atomic E-state index is 13.6. The van der Waals surface area contributed by atoms with Crippen LogP contribution in [0.5, 0.6) is 0 Å². The second-order valence-electron chi connectivity index (χ2n) is 6.12. The monoisotopic (exact) mass is 404 g/mol. The number of carbonyl (C=O) groups is 1. The van der Waals surface area contributed by atoms with E-state index in [1.165, 1.54) is 13.0 Å². The smallest absolute Gasteiger partial charge is 0.308 e. The van der Waals surface area contributed by atoms with E-state index >= 15 is 0 Å². The number of hydrogen-bond donors (Lipinski definition) is 3. The molecule has 0 aliphatic carbocycles. The van der Waals surface area contributed by atoms with Crippen LogP contribution in [0.25, 0.3) is 5.69 Å². The fraction of sp³-hybridized carbons (Fsp3) is 0.105. The third-order valence-electron chi connectivity index (χ3n) is 3.97. The first-order valence-electron chi connectivity index (χ1n) is 8.32. The molecule has 0 radical (unpaired) electrons. The molecule has 0 fully saturated rings. The lowest BCUT2D eigenvalue weighted by atomic mass is 10.1. The highest BCUT2D eigenvalue weighted by Crippen LogP contribution is 2.35. The molecule has 0 saturated carbocycles. The Hall–Kier alpha value is -3.82. The summed E-state index contributed by atoms with van der Waals surface area (Å²) in [6.45, 7) is 1.37. The Morgan fingerprint density at radius 3 is 2.31 bits per heavy atom. The van der Waals surface area contributed by atoms with Crippen molar-refractivity contribution in [2.45, 2.75) is 13.1 Å². The van der Waals surface area contributed by atoms with Gasteiger partial charge in [-0.15, -0.1) is 0 Å². The number of halogens is 3. The number of alkyl halides is 3. The third-order valence-corrected chi connectivity index (χ3v) is 3.97. The number of carbonyl (C=O) groups excluding carboxylic acids is 1. The molecule has 0 spiro atoms. The van der Waals surface area contributed by atoms with Gasteiger partial charge in [-0.25, -0.2) is 9.59 Å². The lowest BCUT2D eigenvalue weighted by molar-refractivity contribution is -0.137. The van der Waals surface area contributed by atoms with Crippen LogP contribution in [0.1, 0.15) is 11.1 Å². The minimum absolute atomic E-state index is 0.0714. The number of aromatic amines is 1. The SMILES string of the molecule is Cc1cn(-c2ccc(NC(=O)Nc3ccccc3)cc2C(F)(F)F)c(=O)[nH]c1=O. The summed E-state index contributed by atoms with van der Waals surface area (Å²) in [6.07, 6.45) is -3.78. The van der Waals surface area contributed by atoms with Crippen LogP contribution < -0.4 is 21.9 Å². The van der Waals surface area contributed by atoms with Crippen LogP contribution in [-0.2, 0) is 6.18 Å². The highest BCUT2D eigenvalue weighted by atomic mass is 19.4. The predicted molar refractivity (Wildman–Crippen MR) is 101 cm³/mol. The zero-order valence-corrected chi connectivity index (χ0v) is 15.0.